The summed E-state index contributed by atoms with van der Waals surface area (Å²) in [4.78, 5) is 101. The molecule has 3 aromatic carbocycles. The van der Waals surface area contributed by atoms with E-state index in [4.69, 9.17) is 4.74 Å². The molecule has 4 amide bonds. The number of nitrogens with zero attached hydrogens (tertiary/aromatic N) is 1. The number of aromatic amines is 1. The largest absolute Gasteiger partial charge is 0.524 e. The standard InChI is InChI=1S/C40H47N6O15P/c1-22-19-46(40(56)45-35(22)51)20-31(48)41-27(16-23-8-4-2-5-9-23)36(52)42-28(17-24-10-6-3-7-11-24)37(53)43-29(18-25-12-14-26(15-13-25)61-62(57,58)59)38(54)44-32-34(50)33(49)30(21-47)60-39(32)55/h2-15,19,27-30,32-34,39,47,49-50,55H,16-18,20-21H2,1H3,(H,41,48)(H,42,52)(H,43,53)(H,44,54)(H,45,51,56)(H2,57,58,59)/t27-,28-,29-,30-,32-,33-,34-,39-/m1/s1. The number of amides is 4. The van der Waals surface area contributed by atoms with Crippen LogP contribution < -0.4 is 37.0 Å². The van der Waals surface area contributed by atoms with Crippen molar-refractivity contribution in [1.82, 2.24) is 30.8 Å². The van der Waals surface area contributed by atoms with E-state index >= 15 is 0 Å². The van der Waals surface area contributed by atoms with Crippen molar-refractivity contribution in [2.45, 2.75) is 81.5 Å². The molecular formula is C40H47N6O15P. The molecular weight excluding hydrogens is 835 g/mol. The number of H-pyrrole nitrogens is 1. The molecule has 62 heavy (non-hydrogen) atoms. The smallest absolute Gasteiger partial charge is 0.404 e. The molecule has 0 spiro atoms. The lowest BCUT2D eigenvalue weighted by Gasteiger charge is -2.40. The topological polar surface area (TPSA) is 328 Å². The number of carbonyl (C=O) groups is 4. The number of benzene rings is 3. The monoisotopic (exact) mass is 882 g/mol. The Morgan fingerprint density at radius 3 is 1.77 bits per heavy atom. The molecule has 2 heterocycles. The highest BCUT2D eigenvalue weighted by Gasteiger charge is 2.45. The number of phosphoric acid groups is 1. The van der Waals surface area contributed by atoms with E-state index in [9.17, 15) is 63.5 Å². The number of rotatable bonds is 18. The van der Waals surface area contributed by atoms with Gasteiger partial charge in [-0.15, -0.1) is 0 Å². The maximum absolute atomic E-state index is 14.3. The Balaban J connectivity index is 1.43. The summed E-state index contributed by atoms with van der Waals surface area (Å²) in [6.45, 7) is 0.106. The number of phosphoric ester groups is 1. The molecule has 332 valence electrons. The molecule has 5 rings (SSSR count). The van der Waals surface area contributed by atoms with Gasteiger partial charge in [0.05, 0.1) is 6.61 Å². The summed E-state index contributed by atoms with van der Waals surface area (Å²) in [5.74, 6) is -3.75. The normalized spacial score (nSPS) is 20.2. The summed E-state index contributed by atoms with van der Waals surface area (Å²) >= 11 is 0. The molecule has 1 aliphatic rings. The summed E-state index contributed by atoms with van der Waals surface area (Å²) in [6, 6.07) is 16.2. The Labute approximate surface area is 353 Å². The highest BCUT2D eigenvalue weighted by atomic mass is 31.2. The molecule has 4 aromatic rings. The molecule has 0 saturated carbocycles. The number of hydrogen-bond donors (Lipinski definition) is 11. The second-order valence-electron chi connectivity index (χ2n) is 14.5. The number of carbonyl (C=O) groups excluding carboxylic acids is 4. The van der Waals surface area contributed by atoms with Crippen LogP contribution in [0, 0.1) is 6.92 Å². The molecule has 21 nitrogen and oxygen atoms in total. The van der Waals surface area contributed by atoms with Crippen molar-refractivity contribution in [2.75, 3.05) is 6.61 Å². The van der Waals surface area contributed by atoms with Crippen molar-refractivity contribution in [3.8, 4) is 5.75 Å². The Hall–Kier alpha value is -6.03. The number of aromatic nitrogens is 2. The van der Waals surface area contributed by atoms with Gasteiger partial charge in [-0.1, -0.05) is 72.8 Å². The van der Waals surface area contributed by atoms with Gasteiger partial charge in [0.15, 0.2) is 6.29 Å². The van der Waals surface area contributed by atoms with Gasteiger partial charge in [0, 0.05) is 31.0 Å². The van der Waals surface area contributed by atoms with Crippen molar-refractivity contribution in [3.05, 3.63) is 134 Å². The van der Waals surface area contributed by atoms with E-state index in [0.29, 0.717) is 16.7 Å². The van der Waals surface area contributed by atoms with Crippen LogP contribution in [0.25, 0.3) is 0 Å². The minimum atomic E-state index is -4.92. The molecule has 1 fully saturated rings. The van der Waals surface area contributed by atoms with Gasteiger partial charge in [-0.05, 0) is 35.7 Å². The van der Waals surface area contributed by atoms with Crippen molar-refractivity contribution in [3.63, 3.8) is 0 Å². The molecule has 0 unspecified atom stereocenters. The fourth-order valence-electron chi connectivity index (χ4n) is 6.58. The third kappa shape index (κ3) is 13.2. The van der Waals surface area contributed by atoms with Gasteiger partial charge in [0.25, 0.3) is 5.56 Å². The molecule has 1 aromatic heterocycles. The van der Waals surface area contributed by atoms with Gasteiger partial charge >= 0.3 is 13.5 Å². The van der Waals surface area contributed by atoms with Crippen LogP contribution in [0.4, 0.5) is 0 Å². The number of nitrogens with one attached hydrogen (secondary N) is 5. The van der Waals surface area contributed by atoms with E-state index in [0.717, 1.165) is 4.57 Å². The molecule has 1 saturated heterocycles. The zero-order valence-corrected chi connectivity index (χ0v) is 34.0. The first-order chi connectivity index (χ1) is 29.4. The maximum atomic E-state index is 14.3. The molecule has 8 atom stereocenters. The summed E-state index contributed by atoms with van der Waals surface area (Å²) < 4.78 is 22.1. The number of aliphatic hydroxyl groups excluding tert-OH is 4. The zero-order valence-electron chi connectivity index (χ0n) is 33.1. The maximum Gasteiger partial charge on any atom is 0.524 e. The number of ether oxygens (including phenoxy) is 1. The van der Waals surface area contributed by atoms with Crippen LogP contribution in [-0.2, 0) is 54.3 Å². The van der Waals surface area contributed by atoms with Crippen molar-refractivity contribution in [2.24, 2.45) is 0 Å². The number of hydrogen-bond acceptors (Lipinski definition) is 13. The lowest BCUT2D eigenvalue weighted by molar-refractivity contribution is -0.254. The fourth-order valence-corrected chi connectivity index (χ4v) is 6.98. The van der Waals surface area contributed by atoms with Crippen LogP contribution in [0.2, 0.25) is 0 Å². The molecule has 11 N–H and O–H groups in total. The average molecular weight is 883 g/mol. The first-order valence-electron chi connectivity index (χ1n) is 19.1. The lowest BCUT2D eigenvalue weighted by atomic mass is 9.96. The summed E-state index contributed by atoms with van der Waals surface area (Å²) in [6.07, 6.45) is -6.20. The molecule has 0 radical (unpaired) electrons. The third-order valence-corrected chi connectivity index (χ3v) is 10.2. The Morgan fingerprint density at radius 2 is 1.26 bits per heavy atom. The highest BCUT2D eigenvalue weighted by molar-refractivity contribution is 7.46. The van der Waals surface area contributed by atoms with Gasteiger partial charge in [-0.2, -0.15) is 0 Å². The van der Waals surface area contributed by atoms with E-state index in [1.807, 2.05) is 0 Å². The quantitative estimate of drug-likeness (QED) is 0.0457. The third-order valence-electron chi connectivity index (χ3n) is 9.78. The zero-order chi connectivity index (χ0) is 45.1. The summed E-state index contributed by atoms with van der Waals surface area (Å²) in [5.41, 5.74) is 0.189. The minimum Gasteiger partial charge on any atom is -0.404 e. The second kappa shape index (κ2) is 21.2. The van der Waals surface area contributed by atoms with E-state index in [1.165, 1.54) is 37.4 Å². The fraction of sp³-hybridized carbons (Fsp3) is 0.350. The number of aliphatic hydroxyl groups is 4. The van der Waals surface area contributed by atoms with Crippen molar-refractivity contribution in [1.29, 1.82) is 0 Å². The van der Waals surface area contributed by atoms with Gasteiger partial charge in [-0.3, -0.25) is 43.3 Å². The van der Waals surface area contributed by atoms with E-state index in [1.54, 1.807) is 60.7 Å². The van der Waals surface area contributed by atoms with Crippen LogP contribution in [-0.4, -0.2) is 119 Å². The molecule has 0 bridgehead atoms. The van der Waals surface area contributed by atoms with Gasteiger partial charge in [0.1, 0.15) is 54.8 Å². The first-order valence-corrected chi connectivity index (χ1v) is 20.7. The molecule has 22 heteroatoms. The predicted octanol–water partition coefficient (Wildman–Crippen LogP) is -2.58. The van der Waals surface area contributed by atoms with E-state index < -0.39 is 105 Å². The van der Waals surface area contributed by atoms with Crippen LogP contribution in [0.15, 0.2) is 101 Å². The van der Waals surface area contributed by atoms with Crippen LogP contribution in [0.3, 0.4) is 0 Å². The van der Waals surface area contributed by atoms with Crippen molar-refractivity contribution >= 4 is 31.5 Å². The Bertz CT molecular complexity index is 2340. The molecule has 0 aliphatic carbocycles. The summed E-state index contributed by atoms with van der Waals surface area (Å²) in [5, 5.41) is 51.5. The van der Waals surface area contributed by atoms with Gasteiger partial charge < -0.3 is 51.0 Å². The highest BCUT2D eigenvalue weighted by Crippen LogP contribution is 2.37. The Morgan fingerprint density at radius 1 is 0.758 bits per heavy atom. The van der Waals surface area contributed by atoms with Crippen LogP contribution in [0.1, 0.15) is 22.3 Å². The van der Waals surface area contributed by atoms with Crippen molar-refractivity contribution < 1.29 is 63.2 Å². The molecule has 1 aliphatic heterocycles. The lowest BCUT2D eigenvalue weighted by Crippen LogP contribution is -2.66. The van der Waals surface area contributed by atoms with Gasteiger partial charge in [-0.25, -0.2) is 9.36 Å². The Kier molecular flexibility index (Phi) is 16.1. The second-order valence-corrected chi connectivity index (χ2v) is 15.7. The first kappa shape index (κ1) is 47.0. The minimum absolute atomic E-state index is 0.0680. The SMILES string of the molecule is Cc1cn(CC(=O)N[C@H](Cc2ccccc2)C(=O)N[C@H](Cc2ccccc2)C(=O)N[C@H](Cc2ccc(OP(=O)(O)O)cc2)C(=O)N[C@@H]2[C@@H](O)[C@H](O)[C@@H](CO)O[C@H]2O)c(=O)[nH]c1=O. The van der Waals surface area contributed by atoms with Crippen LogP contribution >= 0.6 is 7.82 Å². The predicted molar refractivity (Wildman–Crippen MR) is 217 cm³/mol. The average Bonchev–Trinajstić information content (AvgIpc) is 3.22. The number of aryl methyl sites for hydroxylation is 1. The van der Waals surface area contributed by atoms with Crippen LogP contribution in [0.5, 0.6) is 5.75 Å². The van der Waals surface area contributed by atoms with E-state index in [-0.39, 0.29) is 30.6 Å². The summed E-state index contributed by atoms with van der Waals surface area (Å²) in [7, 11) is -4.92. The van der Waals surface area contributed by atoms with E-state index in [2.05, 4.69) is 30.8 Å². The van der Waals surface area contributed by atoms with Gasteiger partial charge in [0.2, 0.25) is 23.6 Å².